The molecule has 4 aliphatic rings. The first-order valence-electron chi connectivity index (χ1n) is 8.46. The van der Waals surface area contributed by atoms with Gasteiger partial charge in [-0.05, 0) is 6.42 Å². The molecule has 0 radical (unpaired) electrons. The first kappa shape index (κ1) is 17.3. The number of hydrogen-bond acceptors (Lipinski definition) is 7. The van der Waals surface area contributed by atoms with Gasteiger partial charge in [-0.15, -0.1) is 0 Å². The topological polar surface area (TPSA) is 104 Å². The van der Waals surface area contributed by atoms with E-state index in [4.69, 9.17) is 5.11 Å². The first-order valence-corrected chi connectivity index (χ1v) is 8.46. The smallest absolute Gasteiger partial charge is 0.150 e. The monoisotopic (exact) mass is 328 g/mol. The SMILES string of the molecule is CCCC12CN3CC(C)(CN(C1)C3C(O)C(O)C(O)CO)C2=O. The fraction of sp³-hybridized carbons (Fsp3) is 0.938. The van der Waals surface area contributed by atoms with Gasteiger partial charge in [0.2, 0.25) is 0 Å². The van der Waals surface area contributed by atoms with E-state index >= 15 is 0 Å². The minimum atomic E-state index is -1.41. The van der Waals surface area contributed by atoms with Gasteiger partial charge in [-0.2, -0.15) is 0 Å². The van der Waals surface area contributed by atoms with Crippen molar-refractivity contribution in [3.8, 4) is 0 Å². The summed E-state index contributed by atoms with van der Waals surface area (Å²) in [5.74, 6) is 0.336. The number of Topliss-reactive ketones (excluding diaryl/α,β-unsaturated/α-hetero) is 1. The molecule has 0 aromatic heterocycles. The summed E-state index contributed by atoms with van der Waals surface area (Å²) in [6.45, 7) is 5.78. The van der Waals surface area contributed by atoms with Crippen molar-refractivity contribution in [1.29, 1.82) is 0 Å². The Morgan fingerprint density at radius 2 is 1.74 bits per heavy atom. The molecule has 4 saturated heterocycles. The Morgan fingerprint density at radius 3 is 2.22 bits per heavy atom. The average molecular weight is 328 g/mol. The highest BCUT2D eigenvalue weighted by Crippen LogP contribution is 2.50. The van der Waals surface area contributed by atoms with Crippen LogP contribution < -0.4 is 0 Å². The Hall–Kier alpha value is -0.570. The number of rotatable bonds is 6. The molecule has 4 fully saturated rings. The zero-order valence-electron chi connectivity index (χ0n) is 13.9. The van der Waals surface area contributed by atoms with Crippen LogP contribution in [0.1, 0.15) is 26.7 Å². The number of aliphatic hydroxyl groups is 4. The van der Waals surface area contributed by atoms with Crippen molar-refractivity contribution < 1.29 is 25.2 Å². The number of nitrogens with zero attached hydrogens (tertiary/aromatic N) is 2. The molecule has 0 aromatic carbocycles. The molecule has 7 nitrogen and oxygen atoms in total. The fourth-order valence-electron chi connectivity index (χ4n) is 5.11. The van der Waals surface area contributed by atoms with Crippen LogP contribution in [0.4, 0.5) is 0 Å². The Kier molecular flexibility index (Phi) is 4.32. The lowest BCUT2D eigenvalue weighted by molar-refractivity contribution is -0.229. The van der Waals surface area contributed by atoms with Crippen LogP contribution in [0.2, 0.25) is 0 Å². The lowest BCUT2D eigenvalue weighted by Crippen LogP contribution is -2.81. The van der Waals surface area contributed by atoms with Gasteiger partial charge in [0.1, 0.15) is 24.1 Å². The van der Waals surface area contributed by atoms with Gasteiger partial charge in [0.05, 0.1) is 23.6 Å². The summed E-state index contributed by atoms with van der Waals surface area (Å²) in [5, 5.41) is 39.2. The predicted octanol–water partition coefficient (Wildman–Crippen LogP) is -1.61. The summed E-state index contributed by atoms with van der Waals surface area (Å²) in [6.07, 6.45) is -2.62. The molecule has 4 N–H and O–H groups in total. The summed E-state index contributed by atoms with van der Waals surface area (Å²) in [5.41, 5.74) is -0.806. The van der Waals surface area contributed by atoms with Crippen LogP contribution in [0, 0.1) is 10.8 Å². The van der Waals surface area contributed by atoms with Crippen LogP contribution in [0.5, 0.6) is 0 Å². The van der Waals surface area contributed by atoms with E-state index in [9.17, 15) is 20.1 Å². The normalized spacial score (nSPS) is 46.0. The molecule has 4 heterocycles. The van der Waals surface area contributed by atoms with Gasteiger partial charge in [0, 0.05) is 26.2 Å². The van der Waals surface area contributed by atoms with Crippen LogP contribution in [0.25, 0.3) is 0 Å². The van der Waals surface area contributed by atoms with Crippen molar-refractivity contribution in [2.45, 2.75) is 51.2 Å². The highest BCUT2D eigenvalue weighted by molar-refractivity contribution is 5.93. The van der Waals surface area contributed by atoms with E-state index in [0.717, 1.165) is 12.8 Å². The van der Waals surface area contributed by atoms with Crippen molar-refractivity contribution in [3.63, 3.8) is 0 Å². The molecular formula is C16H28N2O5. The molecule has 0 aromatic rings. The number of aliphatic hydroxyl groups excluding tert-OH is 4. The standard InChI is InChI=1S/C16H28N2O5/c1-3-4-16-8-17-6-15(2,14(16)23)7-18(9-16)13(17)12(22)11(21)10(20)5-19/h10-13,19-22H,3-9H2,1-2H3. The van der Waals surface area contributed by atoms with Crippen LogP contribution in [0.15, 0.2) is 0 Å². The van der Waals surface area contributed by atoms with Gasteiger partial charge in [-0.25, -0.2) is 0 Å². The van der Waals surface area contributed by atoms with Gasteiger partial charge in [0.15, 0.2) is 0 Å². The Balaban J connectivity index is 1.86. The molecule has 23 heavy (non-hydrogen) atoms. The van der Waals surface area contributed by atoms with E-state index in [1.165, 1.54) is 0 Å². The van der Waals surface area contributed by atoms with Gasteiger partial charge in [-0.3, -0.25) is 14.6 Å². The van der Waals surface area contributed by atoms with E-state index < -0.39 is 36.5 Å². The van der Waals surface area contributed by atoms with E-state index in [1.54, 1.807) is 0 Å². The van der Waals surface area contributed by atoms with Gasteiger partial charge in [-0.1, -0.05) is 20.3 Å². The zero-order chi connectivity index (χ0) is 17.0. The second-order valence-corrected chi connectivity index (χ2v) is 7.87. The van der Waals surface area contributed by atoms with Crippen LogP contribution in [-0.2, 0) is 4.79 Å². The zero-order valence-corrected chi connectivity index (χ0v) is 13.9. The number of hydrogen-bond donors (Lipinski definition) is 4. The first-order chi connectivity index (χ1) is 10.8. The third-order valence-electron chi connectivity index (χ3n) is 5.86. The van der Waals surface area contributed by atoms with E-state index in [1.807, 2.05) is 6.92 Å². The van der Waals surface area contributed by atoms with Crippen LogP contribution in [0.3, 0.4) is 0 Å². The van der Waals surface area contributed by atoms with Gasteiger partial charge >= 0.3 is 0 Å². The highest BCUT2D eigenvalue weighted by atomic mass is 16.4. The number of ketones is 1. The van der Waals surface area contributed by atoms with Crippen molar-refractivity contribution in [2.75, 3.05) is 32.8 Å². The van der Waals surface area contributed by atoms with Crippen LogP contribution >= 0.6 is 0 Å². The average Bonchev–Trinajstić information content (AvgIpc) is 2.49. The molecule has 4 bridgehead atoms. The molecule has 0 aliphatic carbocycles. The van der Waals surface area contributed by atoms with Crippen molar-refractivity contribution in [3.05, 3.63) is 0 Å². The lowest BCUT2D eigenvalue weighted by atomic mass is 9.59. The quantitative estimate of drug-likeness (QED) is 0.465. The van der Waals surface area contributed by atoms with E-state index in [2.05, 4.69) is 16.7 Å². The molecule has 4 rings (SSSR count). The van der Waals surface area contributed by atoms with Gasteiger partial charge in [0.25, 0.3) is 0 Å². The second kappa shape index (κ2) is 5.75. The number of piperidine rings is 2. The molecule has 0 saturated carbocycles. The van der Waals surface area contributed by atoms with Crippen molar-refractivity contribution >= 4 is 5.78 Å². The maximum Gasteiger partial charge on any atom is 0.150 e. The lowest BCUT2D eigenvalue weighted by Gasteiger charge is -2.66. The third-order valence-corrected chi connectivity index (χ3v) is 5.86. The Labute approximate surface area is 136 Å². The number of carbonyl (C=O) groups excluding carboxylic acids is 1. The minimum absolute atomic E-state index is 0.336. The van der Waals surface area contributed by atoms with Crippen molar-refractivity contribution in [1.82, 2.24) is 9.80 Å². The summed E-state index contributed by atoms with van der Waals surface area (Å²) in [4.78, 5) is 17.1. The molecule has 0 amide bonds. The van der Waals surface area contributed by atoms with E-state index in [0.29, 0.717) is 32.0 Å². The molecule has 5 unspecified atom stereocenters. The summed E-state index contributed by atoms with van der Waals surface area (Å²) in [6, 6.07) is 0. The summed E-state index contributed by atoms with van der Waals surface area (Å²) >= 11 is 0. The number of carbonyl (C=O) groups is 1. The third kappa shape index (κ3) is 2.45. The van der Waals surface area contributed by atoms with Crippen LogP contribution in [-0.4, -0.2) is 93.3 Å². The maximum atomic E-state index is 12.9. The Bertz CT molecular complexity index is 469. The summed E-state index contributed by atoms with van der Waals surface area (Å²) in [7, 11) is 0. The molecular weight excluding hydrogens is 300 g/mol. The second-order valence-electron chi connectivity index (χ2n) is 7.87. The summed E-state index contributed by atoms with van der Waals surface area (Å²) < 4.78 is 0. The van der Waals surface area contributed by atoms with Gasteiger partial charge < -0.3 is 20.4 Å². The highest BCUT2D eigenvalue weighted by Gasteiger charge is 2.64. The molecule has 132 valence electrons. The minimum Gasteiger partial charge on any atom is -0.394 e. The molecule has 4 aliphatic heterocycles. The fourth-order valence-corrected chi connectivity index (χ4v) is 5.11. The predicted molar refractivity (Wildman–Crippen MR) is 82.5 cm³/mol. The van der Waals surface area contributed by atoms with E-state index in [-0.39, 0.29) is 5.41 Å². The van der Waals surface area contributed by atoms with Crippen molar-refractivity contribution in [2.24, 2.45) is 10.8 Å². The maximum absolute atomic E-state index is 12.9. The molecule has 5 atom stereocenters. The largest absolute Gasteiger partial charge is 0.394 e. The Morgan fingerprint density at radius 1 is 1.17 bits per heavy atom. The molecule has 0 spiro atoms. The molecule has 7 heteroatoms.